The number of allylic oxidation sites excluding steroid dienone is 4. The highest BCUT2D eigenvalue weighted by atomic mass is 32.2. The first kappa shape index (κ1) is 66.1. The van der Waals surface area contributed by atoms with Gasteiger partial charge in [-0.05, 0) is 130 Å². The van der Waals surface area contributed by atoms with Crippen molar-refractivity contribution < 1.29 is 75.3 Å². The van der Waals surface area contributed by atoms with Crippen molar-refractivity contribution in [3.05, 3.63) is 53.6 Å². The number of thioether (sulfide) groups is 1. The van der Waals surface area contributed by atoms with Crippen LogP contribution in [0.15, 0.2) is 48.1 Å². The van der Waals surface area contributed by atoms with Gasteiger partial charge in [0.2, 0.25) is 22.8 Å². The number of unbranched alkanes of at least 4 members (excludes halogenated alkanes) is 5. The molecule has 3 fully saturated rings. The second-order valence-corrected chi connectivity index (χ2v) is 26.3. The van der Waals surface area contributed by atoms with E-state index in [2.05, 4.69) is 33.1 Å². The van der Waals surface area contributed by atoms with E-state index in [1.807, 2.05) is 0 Å². The minimum atomic E-state index is -4.01. The van der Waals surface area contributed by atoms with Gasteiger partial charge >= 0.3 is 19.6 Å². The predicted molar refractivity (Wildman–Crippen MR) is 304 cm³/mol. The van der Waals surface area contributed by atoms with Crippen molar-refractivity contribution in [3.8, 4) is 11.8 Å². The van der Waals surface area contributed by atoms with Crippen molar-refractivity contribution in [2.75, 3.05) is 30.6 Å². The molecule has 454 valence electrons. The maximum atomic E-state index is 17.8. The number of hydrogen-bond acceptors (Lipinski definition) is 13. The van der Waals surface area contributed by atoms with Gasteiger partial charge in [-0.3, -0.25) is 33.3 Å². The van der Waals surface area contributed by atoms with Crippen LogP contribution in [0.2, 0.25) is 0 Å². The number of ether oxygens (including phenoxy) is 2. The van der Waals surface area contributed by atoms with Crippen molar-refractivity contribution in [1.29, 1.82) is 0 Å². The topological polar surface area (TPSA) is 279 Å². The second kappa shape index (κ2) is 29.2. The van der Waals surface area contributed by atoms with Crippen molar-refractivity contribution in [1.82, 2.24) is 16.0 Å². The quantitative estimate of drug-likeness (QED) is 0.0179. The predicted octanol–water partition coefficient (Wildman–Crippen LogP) is 8.52. The van der Waals surface area contributed by atoms with Crippen LogP contribution in [0.1, 0.15) is 149 Å². The second-order valence-electron chi connectivity index (χ2n) is 23.4. The molecule has 8 N–H and O–H groups in total. The summed E-state index contributed by atoms with van der Waals surface area (Å²) in [5, 5.41) is 21.7. The number of carbonyl (C=O) groups is 7. The molecule has 18 nitrogen and oxygen atoms in total. The van der Waals surface area contributed by atoms with Gasteiger partial charge in [-0.2, -0.15) is 0 Å². The Morgan fingerprint density at radius 3 is 2.35 bits per heavy atom. The number of nitrogens with two attached hydrogens (primary N) is 1. The summed E-state index contributed by atoms with van der Waals surface area (Å²) >= 11 is 0.349. The van der Waals surface area contributed by atoms with Crippen molar-refractivity contribution in [3.63, 3.8) is 0 Å². The maximum Gasteiger partial charge on any atom is 0.328 e. The van der Waals surface area contributed by atoms with Gasteiger partial charge in [0.15, 0.2) is 17.1 Å². The summed E-state index contributed by atoms with van der Waals surface area (Å²) in [5.41, 5.74) is -1.29. The molecule has 0 bridgehead atoms. The fraction of sp³-hybridized carbons (Fsp3) is 0.678. The molecule has 0 heterocycles. The number of urea groups is 1. The Labute approximate surface area is 483 Å². The van der Waals surface area contributed by atoms with E-state index < -0.39 is 118 Å². The molecular weight excluding hydrogens is 1110 g/mol. The third-order valence-corrected chi connectivity index (χ3v) is 19.6. The molecule has 23 heteroatoms. The number of nitrogens with one attached hydrogen (secondary N) is 4. The average molecular weight is 1190 g/mol. The van der Waals surface area contributed by atoms with Crippen LogP contribution in [0.25, 0.3) is 0 Å². The molecular formula is C59H83F3N5O13PS. The van der Waals surface area contributed by atoms with Crippen LogP contribution in [0, 0.1) is 46.3 Å². The zero-order chi connectivity index (χ0) is 60.0. The molecule has 0 radical (unpaired) electrons. The molecule has 0 saturated heterocycles. The van der Waals surface area contributed by atoms with Crippen LogP contribution in [0.5, 0.6) is 0 Å². The highest BCUT2D eigenvalue weighted by molar-refractivity contribution is 8.13. The maximum absolute atomic E-state index is 17.8. The lowest BCUT2D eigenvalue weighted by Crippen LogP contribution is -2.70. The first-order valence-corrected chi connectivity index (χ1v) is 31.6. The fourth-order valence-electron chi connectivity index (χ4n) is 13.1. The standard InChI is InChI=1S/C59H83F3N5O13PS/c1-37(2)51(67-49(70)35-78-42-18-13-9-8-10-14-19-42)53(73)66-47(20-17-28-64-55(63)75)52(72)65-40-24-22-39(23-25-40)34-79-81(76,77)29-16-12-7-6-11-15-21-50(71)80-59(54(74)82-36-60)38(3)30-43-44-32-46(61)45-31-41(68)26-27-56(45,4)58(44,62)48(69)33-57(43,59)5/h22-27,31,37-38,42-44,46-48,51,69H,6-13,15-18,20-21,28-30,32-36H2,1-5H3,(H,65,72)(H,66,73)(H,67,70)(H,76,77)(H3,63,64,75)/t38-,42?,43+,44+,46+,47+,48+,51?,56+,57+,58+,59+/m1/s1. The van der Waals surface area contributed by atoms with Crippen LogP contribution in [0.3, 0.4) is 0 Å². The zero-order valence-electron chi connectivity index (χ0n) is 47.7. The molecule has 0 aliphatic heterocycles. The molecule has 0 spiro atoms. The van der Waals surface area contributed by atoms with Crippen molar-refractivity contribution in [2.24, 2.45) is 40.2 Å². The number of fused-ring (bicyclic) bond motifs is 5. The van der Waals surface area contributed by atoms with Gasteiger partial charge in [0, 0.05) is 53.9 Å². The molecule has 3 unspecified atom stereocenters. The number of alkyl halides is 3. The Hall–Kier alpha value is -5.04. The highest BCUT2D eigenvalue weighted by Gasteiger charge is 2.78. The minimum absolute atomic E-state index is 0.0383. The van der Waals surface area contributed by atoms with E-state index in [1.54, 1.807) is 52.0 Å². The highest BCUT2D eigenvalue weighted by Crippen LogP contribution is 2.72. The Morgan fingerprint density at radius 1 is 0.951 bits per heavy atom. The van der Waals surface area contributed by atoms with Gasteiger partial charge < -0.3 is 51.0 Å². The summed E-state index contributed by atoms with van der Waals surface area (Å²) in [5.74, 6) is 0.337. The van der Waals surface area contributed by atoms with Crippen LogP contribution in [0.4, 0.5) is 23.7 Å². The summed E-state index contributed by atoms with van der Waals surface area (Å²) in [7, 11) is -4.01. The molecule has 0 aromatic heterocycles. The Bertz CT molecular complexity index is 2660. The van der Waals surface area contributed by atoms with Gasteiger partial charge in [0.1, 0.15) is 37.0 Å². The number of aliphatic hydroxyl groups excluding tert-OH is 1. The molecule has 13 atom stereocenters. The van der Waals surface area contributed by atoms with Crippen molar-refractivity contribution in [2.45, 2.75) is 192 Å². The molecule has 5 amide bonds. The van der Waals surface area contributed by atoms with E-state index in [0.29, 0.717) is 68.0 Å². The number of esters is 1. The van der Waals surface area contributed by atoms with Crippen LogP contribution < -0.4 is 27.0 Å². The number of halogens is 3. The minimum Gasteiger partial charge on any atom is -0.449 e. The number of carbonyl (C=O) groups excluding carboxylic acids is 7. The Balaban J connectivity index is 0.931. The van der Waals surface area contributed by atoms with Crippen LogP contribution >= 0.6 is 19.4 Å². The first-order chi connectivity index (χ1) is 38.8. The molecule has 3 saturated carbocycles. The van der Waals surface area contributed by atoms with Gasteiger partial charge in [-0.15, -0.1) is 5.92 Å². The third-order valence-electron chi connectivity index (χ3n) is 17.5. The largest absolute Gasteiger partial charge is 0.449 e. The lowest BCUT2D eigenvalue weighted by molar-refractivity contribution is -0.228. The molecule has 5 aliphatic rings. The summed E-state index contributed by atoms with van der Waals surface area (Å²) in [4.78, 5) is 102. The summed E-state index contributed by atoms with van der Waals surface area (Å²) < 4.78 is 78.0. The van der Waals surface area contributed by atoms with E-state index in [1.165, 1.54) is 19.1 Å². The van der Waals surface area contributed by atoms with E-state index in [-0.39, 0.29) is 82.0 Å². The Kier molecular flexibility index (Phi) is 23.5. The number of aliphatic hydroxyl groups is 1. The molecule has 6 rings (SSSR count). The van der Waals surface area contributed by atoms with E-state index >= 15 is 8.78 Å². The van der Waals surface area contributed by atoms with Gasteiger partial charge in [-0.25, -0.2) is 18.0 Å². The van der Waals surface area contributed by atoms with Crippen LogP contribution in [-0.2, 0) is 53.9 Å². The van der Waals surface area contributed by atoms with E-state index in [9.17, 15) is 52.5 Å². The van der Waals surface area contributed by atoms with E-state index in [4.69, 9.17) is 19.7 Å². The number of anilines is 1. The molecule has 1 aromatic carbocycles. The first-order valence-electron chi connectivity index (χ1n) is 28.8. The Morgan fingerprint density at radius 2 is 1.66 bits per heavy atom. The normalized spacial score (nSPS) is 29.8. The zero-order valence-corrected chi connectivity index (χ0v) is 49.5. The number of benzene rings is 1. The van der Waals surface area contributed by atoms with Gasteiger partial charge in [0.25, 0.3) is 0 Å². The number of hydrogen-bond donors (Lipinski definition) is 7. The number of rotatable bonds is 28. The van der Waals surface area contributed by atoms with Gasteiger partial charge in [0.05, 0.1) is 12.7 Å². The average Bonchev–Trinajstić information content (AvgIpc) is 1.34. The lowest BCUT2D eigenvalue weighted by atomic mass is 9.44. The number of primary amides is 1. The van der Waals surface area contributed by atoms with E-state index in [0.717, 1.165) is 31.8 Å². The third kappa shape index (κ3) is 15.6. The molecule has 82 heavy (non-hydrogen) atoms. The summed E-state index contributed by atoms with van der Waals surface area (Å²) in [6.45, 7) is 7.97. The summed E-state index contributed by atoms with van der Waals surface area (Å²) in [6.07, 6.45) is 7.20. The number of amides is 5. The summed E-state index contributed by atoms with van der Waals surface area (Å²) in [6, 6.07) is 2.43. The molecule has 1 aromatic rings. The fourth-order valence-corrected chi connectivity index (χ4v) is 15.0. The van der Waals surface area contributed by atoms with Crippen LogP contribution in [-0.4, -0.2) is 118 Å². The molecule has 5 aliphatic carbocycles. The monoisotopic (exact) mass is 1190 g/mol. The smallest absolute Gasteiger partial charge is 0.328 e. The lowest BCUT2D eigenvalue weighted by Gasteiger charge is -2.63. The van der Waals surface area contributed by atoms with Crippen molar-refractivity contribution >= 4 is 65.7 Å². The van der Waals surface area contributed by atoms with Gasteiger partial charge in [-0.1, -0.05) is 83.9 Å². The SMILES string of the molecule is CC(C)C(NC(=O)COC1C#CCCCCC1)C(=O)N[C@@H](CCCNC(N)=O)C(=O)Nc1ccc(COP(=O)(O)CCCCCCCCC(=O)O[C@]2(C(=O)SCF)[C@H](C)C[C@H]3[C@@H]4C[C@H](F)C5=CC(=O)C=C[C@]5(C)[C@@]4(F)[C@@H](O)C[C@@]32C)cc1. The number of ketones is 1.